The second-order valence-corrected chi connectivity index (χ2v) is 6.54. The summed E-state index contributed by atoms with van der Waals surface area (Å²) in [5.41, 5.74) is 0.617. The molecule has 0 bridgehead atoms. The fourth-order valence-corrected chi connectivity index (χ4v) is 3.74. The lowest BCUT2D eigenvalue weighted by molar-refractivity contribution is -0.115. The molecule has 0 fully saturated rings. The van der Waals surface area contributed by atoms with Gasteiger partial charge in [-0.2, -0.15) is 0 Å². The third-order valence-electron chi connectivity index (χ3n) is 2.58. The molecular weight excluding hydrogens is 283 g/mol. The van der Waals surface area contributed by atoms with E-state index < -0.39 is 0 Å². The van der Waals surface area contributed by atoms with Crippen molar-refractivity contribution in [1.29, 1.82) is 0 Å². The highest BCUT2D eigenvalue weighted by Gasteiger charge is 2.21. The Kier molecular flexibility index (Phi) is 5.27. The number of anilines is 1. The van der Waals surface area contributed by atoms with E-state index in [1.807, 2.05) is 6.92 Å². The normalized spacial score (nSPS) is 16.0. The summed E-state index contributed by atoms with van der Waals surface area (Å²) in [6.45, 7) is 2.81. The molecule has 0 radical (unpaired) electrons. The highest BCUT2D eigenvalue weighted by atomic mass is 32.2. The number of thioether (sulfide) groups is 2. The lowest BCUT2D eigenvalue weighted by Gasteiger charge is -2.14. The van der Waals surface area contributed by atoms with Crippen LogP contribution in [0.1, 0.15) is 13.3 Å². The molecule has 102 valence electrons. The molecule has 19 heavy (non-hydrogen) atoms. The molecular formula is C13H15FN2OS2. The second kappa shape index (κ2) is 6.96. The largest absolute Gasteiger partial charge is 0.325 e. The lowest BCUT2D eigenvalue weighted by Crippen LogP contribution is -2.25. The van der Waals surface area contributed by atoms with Gasteiger partial charge in [-0.1, -0.05) is 30.4 Å². The molecule has 0 saturated heterocycles. The van der Waals surface area contributed by atoms with Crippen LogP contribution in [0.15, 0.2) is 29.3 Å². The molecule has 1 aromatic carbocycles. The molecule has 1 unspecified atom stereocenters. The Labute approximate surface area is 120 Å². The zero-order valence-corrected chi connectivity index (χ0v) is 12.2. The predicted octanol–water partition coefficient (Wildman–Crippen LogP) is 3.38. The van der Waals surface area contributed by atoms with Crippen molar-refractivity contribution in [3.8, 4) is 0 Å². The number of carbonyl (C=O) groups is 1. The van der Waals surface area contributed by atoms with E-state index >= 15 is 0 Å². The third kappa shape index (κ3) is 4.24. The number of nitrogens with zero attached hydrogens (tertiary/aromatic N) is 1. The zero-order chi connectivity index (χ0) is 13.7. The Bertz CT molecular complexity index is 476. The van der Waals surface area contributed by atoms with Crippen LogP contribution in [0.2, 0.25) is 0 Å². The second-order valence-electron chi connectivity index (χ2n) is 4.01. The first-order valence-electron chi connectivity index (χ1n) is 6.09. The van der Waals surface area contributed by atoms with Crippen LogP contribution in [0, 0.1) is 5.82 Å². The van der Waals surface area contributed by atoms with E-state index in [0.29, 0.717) is 5.69 Å². The summed E-state index contributed by atoms with van der Waals surface area (Å²) in [6, 6.07) is 5.79. The first kappa shape index (κ1) is 14.4. The number of carbonyl (C=O) groups excluding carboxylic acids is 1. The lowest BCUT2D eigenvalue weighted by atomic mass is 10.2. The molecule has 1 aliphatic rings. The Morgan fingerprint density at radius 2 is 2.26 bits per heavy atom. The Balaban J connectivity index is 1.94. The maximum Gasteiger partial charge on any atom is 0.237 e. The van der Waals surface area contributed by atoms with Crippen LogP contribution in [-0.2, 0) is 4.79 Å². The van der Waals surface area contributed by atoms with Gasteiger partial charge in [0.25, 0.3) is 0 Å². The molecule has 3 nitrogen and oxygen atoms in total. The van der Waals surface area contributed by atoms with Gasteiger partial charge in [0.15, 0.2) is 0 Å². The first-order chi connectivity index (χ1) is 9.19. The number of hydrogen-bond donors (Lipinski definition) is 1. The monoisotopic (exact) mass is 298 g/mol. The van der Waals surface area contributed by atoms with Crippen molar-refractivity contribution >= 4 is 39.5 Å². The average Bonchev–Trinajstić information content (AvgIpc) is 2.91. The van der Waals surface area contributed by atoms with E-state index in [9.17, 15) is 9.18 Å². The van der Waals surface area contributed by atoms with Crippen LogP contribution >= 0.6 is 23.5 Å². The number of aliphatic imine (C=N–C) groups is 1. The van der Waals surface area contributed by atoms with Gasteiger partial charge < -0.3 is 5.32 Å². The van der Waals surface area contributed by atoms with Crippen molar-refractivity contribution in [1.82, 2.24) is 0 Å². The molecule has 2 rings (SSSR count). The Morgan fingerprint density at radius 1 is 1.53 bits per heavy atom. The summed E-state index contributed by atoms with van der Waals surface area (Å²) >= 11 is 3.20. The molecule has 1 atom stereocenters. The zero-order valence-electron chi connectivity index (χ0n) is 10.6. The number of halogens is 1. The van der Waals surface area contributed by atoms with Gasteiger partial charge >= 0.3 is 0 Å². The predicted molar refractivity (Wildman–Crippen MR) is 81.5 cm³/mol. The van der Waals surface area contributed by atoms with Gasteiger partial charge in [-0.3, -0.25) is 9.79 Å². The number of nitrogens with one attached hydrogen (secondary N) is 1. The van der Waals surface area contributed by atoms with E-state index in [1.165, 1.54) is 23.9 Å². The summed E-state index contributed by atoms with van der Waals surface area (Å²) in [5, 5.41) is 2.65. The van der Waals surface area contributed by atoms with E-state index in [0.717, 1.165) is 23.1 Å². The molecule has 1 heterocycles. The topological polar surface area (TPSA) is 41.5 Å². The number of benzene rings is 1. The van der Waals surface area contributed by atoms with Gasteiger partial charge in [-0.25, -0.2) is 4.39 Å². The summed E-state index contributed by atoms with van der Waals surface area (Å²) in [4.78, 5) is 16.5. The van der Waals surface area contributed by atoms with Crippen molar-refractivity contribution < 1.29 is 9.18 Å². The highest BCUT2D eigenvalue weighted by molar-refractivity contribution is 8.39. The molecule has 1 aromatic rings. The molecule has 1 N–H and O–H groups in total. The molecule has 0 aliphatic carbocycles. The van der Waals surface area contributed by atoms with Crippen LogP contribution in [0.4, 0.5) is 10.1 Å². The van der Waals surface area contributed by atoms with Crippen molar-refractivity contribution in [3.05, 3.63) is 30.1 Å². The summed E-state index contributed by atoms with van der Waals surface area (Å²) in [6.07, 6.45) is 0.733. The van der Waals surface area contributed by atoms with Gasteiger partial charge in [-0.05, 0) is 30.7 Å². The summed E-state index contributed by atoms with van der Waals surface area (Å²) in [7, 11) is 0. The van der Waals surface area contributed by atoms with Gasteiger partial charge in [-0.15, -0.1) is 0 Å². The molecule has 0 saturated carbocycles. The van der Waals surface area contributed by atoms with Crippen molar-refractivity contribution in [2.45, 2.75) is 18.6 Å². The van der Waals surface area contributed by atoms with Gasteiger partial charge in [0.05, 0.1) is 11.8 Å². The van der Waals surface area contributed by atoms with E-state index in [4.69, 9.17) is 0 Å². The van der Waals surface area contributed by atoms with E-state index in [2.05, 4.69) is 10.3 Å². The van der Waals surface area contributed by atoms with Crippen LogP contribution < -0.4 is 5.32 Å². The molecule has 0 spiro atoms. The van der Waals surface area contributed by atoms with Crippen molar-refractivity contribution in [2.24, 2.45) is 4.99 Å². The van der Waals surface area contributed by atoms with Crippen LogP contribution in [0.3, 0.4) is 0 Å². The van der Waals surface area contributed by atoms with Gasteiger partial charge in [0.1, 0.15) is 10.2 Å². The van der Waals surface area contributed by atoms with Crippen molar-refractivity contribution in [3.63, 3.8) is 0 Å². The summed E-state index contributed by atoms with van der Waals surface area (Å²) < 4.78 is 13.8. The molecule has 0 aromatic heterocycles. The van der Waals surface area contributed by atoms with Gasteiger partial charge in [0, 0.05) is 11.4 Å². The minimum Gasteiger partial charge on any atom is -0.325 e. The minimum absolute atomic E-state index is 0.0608. The average molecular weight is 298 g/mol. The van der Waals surface area contributed by atoms with E-state index in [-0.39, 0.29) is 17.0 Å². The maximum atomic E-state index is 12.8. The molecule has 1 aliphatic heterocycles. The smallest absolute Gasteiger partial charge is 0.237 e. The summed E-state index contributed by atoms with van der Waals surface area (Å²) in [5.74, 6) is 0.628. The quantitative estimate of drug-likeness (QED) is 0.926. The standard InChI is InChI=1S/C13H15FN2OS2/c1-2-11(19-13-15-7-8-18-13)12(17)16-10-5-3-9(14)4-6-10/h3-6,11H,2,7-8H2,1H3,(H,16,17). The van der Waals surface area contributed by atoms with Crippen molar-refractivity contribution in [2.75, 3.05) is 17.6 Å². The number of rotatable bonds is 4. The first-order valence-corrected chi connectivity index (χ1v) is 7.96. The third-order valence-corrected chi connectivity index (χ3v) is 5.14. The number of hydrogen-bond acceptors (Lipinski definition) is 4. The van der Waals surface area contributed by atoms with Crippen LogP contribution in [-0.4, -0.2) is 27.8 Å². The fourth-order valence-electron chi connectivity index (χ4n) is 1.59. The maximum absolute atomic E-state index is 12.8. The van der Waals surface area contributed by atoms with Crippen LogP contribution in [0.25, 0.3) is 0 Å². The number of amides is 1. The SMILES string of the molecule is CCC(SC1=NCCS1)C(=O)Nc1ccc(F)cc1. The fraction of sp³-hybridized carbons (Fsp3) is 0.385. The minimum atomic E-state index is -0.309. The molecule has 6 heteroatoms. The van der Waals surface area contributed by atoms with E-state index in [1.54, 1.807) is 23.9 Å². The Morgan fingerprint density at radius 3 is 2.84 bits per heavy atom. The van der Waals surface area contributed by atoms with Crippen LogP contribution in [0.5, 0.6) is 0 Å². The van der Waals surface area contributed by atoms with Gasteiger partial charge in [0.2, 0.25) is 5.91 Å². The molecule has 1 amide bonds. The highest BCUT2D eigenvalue weighted by Crippen LogP contribution is 2.28. The Hall–Kier alpha value is -1.01.